The molecule has 0 spiro atoms. The molecule has 0 aromatic heterocycles. The molecule has 1 N–H and O–H groups in total. The Labute approximate surface area is 139 Å². The molecule has 2 rings (SSSR count). The Kier molecular flexibility index (Phi) is 5.04. The van der Waals surface area contributed by atoms with Crippen LogP contribution in [0.25, 0.3) is 0 Å². The second kappa shape index (κ2) is 6.69. The summed E-state index contributed by atoms with van der Waals surface area (Å²) in [6.07, 6.45) is -4.23. The lowest BCUT2D eigenvalue weighted by atomic mass is 9.79. The highest BCUT2D eigenvalue weighted by atomic mass is 19.4. The van der Waals surface area contributed by atoms with Gasteiger partial charge in [-0.25, -0.2) is 0 Å². The van der Waals surface area contributed by atoms with Crippen molar-refractivity contribution >= 4 is 0 Å². The number of ether oxygens (including phenoxy) is 1. The third kappa shape index (κ3) is 3.79. The van der Waals surface area contributed by atoms with E-state index >= 15 is 0 Å². The van der Waals surface area contributed by atoms with Crippen LogP contribution in [0.4, 0.5) is 13.2 Å². The molecule has 2 nitrogen and oxygen atoms in total. The molecule has 0 fully saturated rings. The number of hydrogen-bond acceptors (Lipinski definition) is 2. The Bertz CT molecular complexity index is 703. The second-order valence-corrected chi connectivity index (χ2v) is 5.61. The second-order valence-electron chi connectivity index (χ2n) is 5.61. The summed E-state index contributed by atoms with van der Waals surface area (Å²) in [5.74, 6) is -0.334. The Morgan fingerprint density at radius 1 is 1.00 bits per heavy atom. The van der Waals surface area contributed by atoms with Crippen molar-refractivity contribution in [2.45, 2.75) is 32.2 Å². The fourth-order valence-corrected chi connectivity index (χ4v) is 2.52. The average Bonchev–Trinajstić information content (AvgIpc) is 2.53. The van der Waals surface area contributed by atoms with Crippen molar-refractivity contribution in [1.82, 2.24) is 0 Å². The summed E-state index contributed by atoms with van der Waals surface area (Å²) in [5.41, 5.74) is 1.17. The van der Waals surface area contributed by atoms with E-state index in [-0.39, 0.29) is 5.75 Å². The molecule has 0 amide bonds. The molecule has 2 aromatic rings. The quantitative estimate of drug-likeness (QED) is 0.770. The molecule has 1 atom stereocenters. The first-order valence-electron chi connectivity index (χ1n) is 7.51. The molecule has 0 saturated carbocycles. The largest absolute Gasteiger partial charge is 0.573 e. The lowest BCUT2D eigenvalue weighted by Crippen LogP contribution is -2.29. The van der Waals surface area contributed by atoms with Crippen LogP contribution in [0.5, 0.6) is 5.75 Å². The van der Waals surface area contributed by atoms with Gasteiger partial charge in [0.1, 0.15) is 11.4 Å². The highest BCUT2D eigenvalue weighted by molar-refractivity contribution is 5.46. The van der Waals surface area contributed by atoms with Gasteiger partial charge >= 0.3 is 6.36 Å². The zero-order chi connectivity index (χ0) is 18.0. The van der Waals surface area contributed by atoms with Crippen LogP contribution in [0.2, 0.25) is 0 Å². The molecule has 0 aliphatic carbocycles. The third-order valence-corrected chi connectivity index (χ3v) is 3.91. The summed E-state index contributed by atoms with van der Waals surface area (Å²) in [6.45, 7) is 7.74. The number of alkyl halides is 3. The molecule has 0 heterocycles. The predicted octanol–water partition coefficient (Wildman–Crippen LogP) is 5.10. The monoisotopic (exact) mass is 336 g/mol. The molecule has 0 radical (unpaired) electrons. The summed E-state index contributed by atoms with van der Waals surface area (Å²) in [6, 6.07) is 12.5. The van der Waals surface area contributed by atoms with E-state index in [0.29, 0.717) is 23.1 Å². The van der Waals surface area contributed by atoms with Crippen molar-refractivity contribution in [3.8, 4) is 5.75 Å². The normalized spacial score (nSPS) is 14.1. The topological polar surface area (TPSA) is 29.5 Å². The van der Waals surface area contributed by atoms with E-state index in [2.05, 4.69) is 11.3 Å². The van der Waals surface area contributed by atoms with E-state index in [1.54, 1.807) is 12.1 Å². The highest BCUT2D eigenvalue weighted by Crippen LogP contribution is 2.38. The summed E-state index contributed by atoms with van der Waals surface area (Å²) in [7, 11) is 0. The molecule has 0 saturated heterocycles. The Hall–Kier alpha value is -2.27. The molecule has 1 unspecified atom stereocenters. The van der Waals surface area contributed by atoms with E-state index in [1.807, 2.05) is 26.0 Å². The molecule has 5 heteroatoms. The lowest BCUT2D eigenvalue weighted by Gasteiger charge is -2.31. The van der Waals surface area contributed by atoms with E-state index in [0.717, 1.165) is 5.56 Å². The molecule has 24 heavy (non-hydrogen) atoms. The molecular weight excluding hydrogens is 317 g/mol. The Morgan fingerprint density at radius 2 is 1.46 bits per heavy atom. The van der Waals surface area contributed by atoms with Crippen LogP contribution in [0.1, 0.15) is 30.0 Å². The summed E-state index contributed by atoms with van der Waals surface area (Å²) in [5, 5.41) is 11.3. The highest BCUT2D eigenvalue weighted by Gasteiger charge is 2.35. The van der Waals surface area contributed by atoms with E-state index in [9.17, 15) is 18.3 Å². The zero-order valence-corrected chi connectivity index (χ0v) is 13.5. The minimum absolute atomic E-state index is 0.334. The minimum Gasteiger partial charge on any atom is -0.406 e. The van der Waals surface area contributed by atoms with Gasteiger partial charge in [0, 0.05) is 0 Å². The summed E-state index contributed by atoms with van der Waals surface area (Å²) >= 11 is 0. The number of aliphatic hydroxyl groups is 1. The lowest BCUT2D eigenvalue weighted by molar-refractivity contribution is -0.274. The molecule has 0 aliphatic rings. The van der Waals surface area contributed by atoms with Gasteiger partial charge in [-0.2, -0.15) is 0 Å². The molecule has 2 aromatic carbocycles. The van der Waals surface area contributed by atoms with Crippen LogP contribution >= 0.6 is 0 Å². The van der Waals surface area contributed by atoms with Crippen molar-refractivity contribution < 1.29 is 23.0 Å². The molecule has 0 aliphatic heterocycles. The van der Waals surface area contributed by atoms with Gasteiger partial charge in [0.15, 0.2) is 0 Å². The maximum Gasteiger partial charge on any atom is 0.573 e. The SMILES string of the molecule is C=C(CC)C(O)(c1ccc(C)cc1)c1ccc(OC(F)(F)F)cc1. The smallest absolute Gasteiger partial charge is 0.406 e. The van der Waals surface area contributed by atoms with Gasteiger partial charge < -0.3 is 9.84 Å². The fourth-order valence-electron chi connectivity index (χ4n) is 2.52. The van der Waals surface area contributed by atoms with E-state index < -0.39 is 12.0 Å². The van der Waals surface area contributed by atoms with Gasteiger partial charge in [0.05, 0.1) is 0 Å². The van der Waals surface area contributed by atoms with Gasteiger partial charge in [0.25, 0.3) is 0 Å². The average molecular weight is 336 g/mol. The number of aryl methyl sites for hydroxylation is 1. The first-order valence-corrected chi connectivity index (χ1v) is 7.51. The van der Waals surface area contributed by atoms with Crippen molar-refractivity contribution in [3.63, 3.8) is 0 Å². The van der Waals surface area contributed by atoms with Gasteiger partial charge in [-0.1, -0.05) is 55.5 Å². The molecular formula is C19H19F3O2. The van der Waals surface area contributed by atoms with Crippen molar-refractivity contribution in [1.29, 1.82) is 0 Å². The van der Waals surface area contributed by atoms with Crippen LogP contribution < -0.4 is 4.74 Å². The fraction of sp³-hybridized carbons (Fsp3) is 0.263. The van der Waals surface area contributed by atoms with Crippen molar-refractivity contribution in [2.75, 3.05) is 0 Å². The minimum atomic E-state index is -4.75. The van der Waals surface area contributed by atoms with Crippen LogP contribution in [0.3, 0.4) is 0 Å². The molecule has 0 bridgehead atoms. The van der Waals surface area contributed by atoms with Crippen LogP contribution in [0.15, 0.2) is 60.7 Å². The number of benzene rings is 2. The Balaban J connectivity index is 2.45. The van der Waals surface area contributed by atoms with Crippen LogP contribution in [-0.4, -0.2) is 11.5 Å². The first kappa shape index (κ1) is 18.1. The zero-order valence-electron chi connectivity index (χ0n) is 13.5. The molecule has 128 valence electrons. The number of hydrogen-bond donors (Lipinski definition) is 1. The standard InChI is InChI=1S/C19H19F3O2/c1-4-14(3)18(23,15-7-5-13(2)6-8-15)16-9-11-17(12-10-16)24-19(20,21)22/h5-12,23H,3-4H2,1-2H3. The van der Waals surface area contributed by atoms with Gasteiger partial charge in [-0.3, -0.25) is 0 Å². The maximum atomic E-state index is 12.3. The van der Waals surface area contributed by atoms with Gasteiger partial charge in [-0.15, -0.1) is 13.2 Å². The summed E-state index contributed by atoms with van der Waals surface area (Å²) in [4.78, 5) is 0. The van der Waals surface area contributed by atoms with Crippen molar-refractivity contribution in [2.24, 2.45) is 0 Å². The van der Waals surface area contributed by atoms with E-state index in [1.165, 1.54) is 24.3 Å². The predicted molar refractivity (Wildman–Crippen MR) is 86.7 cm³/mol. The maximum absolute atomic E-state index is 12.3. The van der Waals surface area contributed by atoms with Gasteiger partial charge in [0.2, 0.25) is 0 Å². The Morgan fingerprint density at radius 3 is 1.88 bits per heavy atom. The van der Waals surface area contributed by atoms with Gasteiger partial charge in [-0.05, 0) is 42.2 Å². The van der Waals surface area contributed by atoms with Crippen molar-refractivity contribution in [3.05, 3.63) is 77.4 Å². The van der Waals surface area contributed by atoms with Crippen LogP contribution in [-0.2, 0) is 5.60 Å². The first-order chi connectivity index (χ1) is 11.2. The third-order valence-electron chi connectivity index (χ3n) is 3.91. The van der Waals surface area contributed by atoms with E-state index in [4.69, 9.17) is 0 Å². The van der Waals surface area contributed by atoms with Crippen LogP contribution in [0, 0.1) is 6.92 Å². The summed E-state index contributed by atoms with van der Waals surface area (Å²) < 4.78 is 40.7. The number of halogens is 3. The number of rotatable bonds is 5.